The van der Waals surface area contributed by atoms with Gasteiger partial charge in [-0.2, -0.15) is 5.10 Å². The van der Waals surface area contributed by atoms with E-state index in [1.54, 1.807) is 0 Å². The van der Waals surface area contributed by atoms with Crippen LogP contribution in [-0.2, 0) is 13.6 Å². The molecule has 29 heavy (non-hydrogen) atoms. The number of carbonyl (C=O) groups is 1. The first-order chi connectivity index (χ1) is 13.9. The Balaban J connectivity index is 1.48. The number of hydrogen-bond donors (Lipinski definition) is 0. The second-order valence-corrected chi connectivity index (χ2v) is 9.08. The van der Waals surface area contributed by atoms with E-state index in [0.717, 1.165) is 67.5 Å². The minimum Gasteiger partial charge on any atom is -0.338 e. The number of amides is 1. The smallest absolute Gasteiger partial charge is 0.257 e. The van der Waals surface area contributed by atoms with Gasteiger partial charge in [-0.05, 0) is 65.1 Å². The number of likely N-dealkylation sites (tertiary alicyclic amines) is 2. The van der Waals surface area contributed by atoms with Crippen LogP contribution in [0.2, 0.25) is 0 Å². The monoisotopic (exact) mass is 395 g/mol. The van der Waals surface area contributed by atoms with Crippen molar-refractivity contribution in [2.24, 2.45) is 12.5 Å². The van der Waals surface area contributed by atoms with Crippen LogP contribution in [-0.4, -0.2) is 56.7 Å². The molecule has 2 saturated heterocycles. The predicted molar refractivity (Wildman–Crippen MR) is 114 cm³/mol. The number of nitrogens with zero attached hydrogens (tertiary/aromatic N) is 5. The van der Waals surface area contributed by atoms with E-state index in [9.17, 15) is 4.79 Å². The lowest BCUT2D eigenvalue weighted by Gasteiger charge is -2.48. The Bertz CT molecular complexity index is 901. The lowest BCUT2D eigenvalue weighted by atomic mass is 9.73. The van der Waals surface area contributed by atoms with E-state index in [2.05, 4.69) is 32.0 Å². The minimum absolute atomic E-state index is 0.157. The van der Waals surface area contributed by atoms with Crippen LogP contribution in [0.5, 0.6) is 0 Å². The van der Waals surface area contributed by atoms with E-state index < -0.39 is 0 Å². The number of carbonyl (C=O) groups excluding carboxylic acids is 1. The van der Waals surface area contributed by atoms with Crippen LogP contribution in [0.15, 0.2) is 18.2 Å². The highest BCUT2D eigenvalue weighted by molar-refractivity contribution is 5.96. The summed E-state index contributed by atoms with van der Waals surface area (Å²) in [5.41, 5.74) is 5.02. The quantitative estimate of drug-likeness (QED) is 0.800. The third-order valence-electron chi connectivity index (χ3n) is 6.74. The second-order valence-electron chi connectivity index (χ2n) is 9.08. The summed E-state index contributed by atoms with van der Waals surface area (Å²) in [7, 11) is 1.91. The van der Waals surface area contributed by atoms with Gasteiger partial charge in [0.2, 0.25) is 0 Å². The summed E-state index contributed by atoms with van der Waals surface area (Å²) in [6, 6.07) is 6.27. The van der Waals surface area contributed by atoms with Gasteiger partial charge in [0, 0.05) is 50.0 Å². The molecule has 2 aliphatic rings. The molecule has 4 rings (SSSR count). The molecule has 156 valence electrons. The molecular weight excluding hydrogens is 362 g/mol. The molecule has 1 spiro atoms. The Labute approximate surface area is 173 Å². The van der Waals surface area contributed by atoms with Gasteiger partial charge in [-0.25, -0.2) is 0 Å². The van der Waals surface area contributed by atoms with Gasteiger partial charge < -0.3 is 4.90 Å². The van der Waals surface area contributed by atoms with E-state index in [-0.39, 0.29) is 11.3 Å². The molecule has 0 radical (unpaired) electrons. The zero-order valence-electron chi connectivity index (χ0n) is 18.2. The molecular formula is C23H33N5O. The number of hydrogen-bond acceptors (Lipinski definition) is 4. The molecule has 2 aliphatic heterocycles. The van der Waals surface area contributed by atoms with Crippen molar-refractivity contribution in [3.05, 3.63) is 46.5 Å². The zero-order chi connectivity index (χ0) is 20.6. The normalized spacial score (nSPS) is 23.0. The van der Waals surface area contributed by atoms with Crippen molar-refractivity contribution in [3.8, 4) is 0 Å². The zero-order valence-corrected chi connectivity index (χ0v) is 18.2. The Kier molecular flexibility index (Phi) is 5.47. The van der Waals surface area contributed by atoms with Gasteiger partial charge in [0.1, 0.15) is 0 Å². The Hall–Kier alpha value is -2.21. The van der Waals surface area contributed by atoms with Crippen molar-refractivity contribution in [1.82, 2.24) is 24.6 Å². The number of aromatic nitrogens is 3. The third kappa shape index (κ3) is 4.08. The van der Waals surface area contributed by atoms with E-state index in [0.29, 0.717) is 0 Å². The second kappa shape index (κ2) is 7.90. The highest BCUT2D eigenvalue weighted by atomic mass is 16.2. The van der Waals surface area contributed by atoms with E-state index in [1.807, 2.05) is 38.6 Å². The van der Waals surface area contributed by atoms with Crippen molar-refractivity contribution in [2.75, 3.05) is 26.2 Å². The first-order valence-corrected chi connectivity index (χ1v) is 10.8. The molecule has 2 aromatic heterocycles. The average molecular weight is 396 g/mol. The van der Waals surface area contributed by atoms with Gasteiger partial charge in [0.25, 0.3) is 5.91 Å². The Morgan fingerprint density at radius 1 is 1.10 bits per heavy atom. The van der Waals surface area contributed by atoms with Gasteiger partial charge in [0.15, 0.2) is 0 Å². The fourth-order valence-corrected chi connectivity index (χ4v) is 5.32. The van der Waals surface area contributed by atoms with Gasteiger partial charge >= 0.3 is 0 Å². The summed E-state index contributed by atoms with van der Waals surface area (Å²) in [4.78, 5) is 22.7. The number of aryl methyl sites for hydroxylation is 3. The van der Waals surface area contributed by atoms with Crippen LogP contribution in [0.1, 0.15) is 58.8 Å². The lowest BCUT2D eigenvalue weighted by Crippen LogP contribution is -2.53. The van der Waals surface area contributed by atoms with E-state index in [1.165, 1.54) is 19.3 Å². The summed E-state index contributed by atoms with van der Waals surface area (Å²) in [6.07, 6.45) is 4.69. The van der Waals surface area contributed by atoms with Crippen molar-refractivity contribution in [1.29, 1.82) is 0 Å². The van der Waals surface area contributed by atoms with Crippen molar-refractivity contribution in [3.63, 3.8) is 0 Å². The molecule has 1 unspecified atom stereocenters. The number of piperidine rings is 2. The topological polar surface area (TPSA) is 54.3 Å². The molecule has 6 heteroatoms. The summed E-state index contributed by atoms with van der Waals surface area (Å²) in [6.45, 7) is 10.8. The lowest BCUT2D eigenvalue weighted by molar-refractivity contribution is 0.0109. The average Bonchev–Trinajstić information content (AvgIpc) is 2.93. The predicted octanol–water partition coefficient (Wildman–Crippen LogP) is 3.26. The standard InChI is InChI=1S/C23H33N5O/c1-17-8-5-9-20(24-17)14-27-12-6-10-23(15-27)11-7-13-28(16-23)22(29)21-18(2)25-26(4)19(21)3/h5,8-9H,6-7,10-16H2,1-4H3. The molecule has 4 heterocycles. The first kappa shape index (κ1) is 20.1. The van der Waals surface area contributed by atoms with Gasteiger partial charge in [-0.1, -0.05) is 6.07 Å². The summed E-state index contributed by atoms with van der Waals surface area (Å²) >= 11 is 0. The highest BCUT2D eigenvalue weighted by Gasteiger charge is 2.41. The van der Waals surface area contributed by atoms with Crippen molar-refractivity contribution >= 4 is 5.91 Å². The molecule has 1 atom stereocenters. The van der Waals surface area contributed by atoms with Gasteiger partial charge in [0.05, 0.1) is 17.0 Å². The number of pyridine rings is 1. The van der Waals surface area contributed by atoms with E-state index >= 15 is 0 Å². The van der Waals surface area contributed by atoms with Crippen LogP contribution in [0.4, 0.5) is 0 Å². The molecule has 2 fully saturated rings. The maximum Gasteiger partial charge on any atom is 0.257 e. The molecule has 6 nitrogen and oxygen atoms in total. The van der Waals surface area contributed by atoms with Crippen LogP contribution >= 0.6 is 0 Å². The summed E-state index contributed by atoms with van der Waals surface area (Å²) in [5, 5.41) is 4.45. The molecule has 0 bridgehead atoms. The minimum atomic E-state index is 0.157. The maximum atomic E-state index is 13.3. The van der Waals surface area contributed by atoms with Crippen LogP contribution in [0, 0.1) is 26.2 Å². The number of rotatable bonds is 3. The first-order valence-electron chi connectivity index (χ1n) is 10.8. The molecule has 0 aliphatic carbocycles. The Morgan fingerprint density at radius 2 is 1.86 bits per heavy atom. The molecule has 0 aromatic carbocycles. The van der Waals surface area contributed by atoms with Gasteiger partial charge in [-0.15, -0.1) is 0 Å². The van der Waals surface area contributed by atoms with Crippen molar-refractivity contribution < 1.29 is 4.79 Å². The maximum absolute atomic E-state index is 13.3. The van der Waals surface area contributed by atoms with E-state index in [4.69, 9.17) is 0 Å². The van der Waals surface area contributed by atoms with Crippen LogP contribution < -0.4 is 0 Å². The fourth-order valence-electron chi connectivity index (χ4n) is 5.32. The molecule has 0 saturated carbocycles. The summed E-state index contributed by atoms with van der Waals surface area (Å²) < 4.78 is 1.82. The molecule has 0 N–H and O–H groups in total. The van der Waals surface area contributed by atoms with Gasteiger partial charge in [-0.3, -0.25) is 19.4 Å². The largest absolute Gasteiger partial charge is 0.338 e. The fraction of sp³-hybridized carbons (Fsp3) is 0.609. The Morgan fingerprint density at radius 3 is 2.55 bits per heavy atom. The third-order valence-corrected chi connectivity index (χ3v) is 6.74. The van der Waals surface area contributed by atoms with Crippen LogP contribution in [0.25, 0.3) is 0 Å². The molecule has 1 amide bonds. The highest BCUT2D eigenvalue weighted by Crippen LogP contribution is 2.39. The van der Waals surface area contributed by atoms with Crippen molar-refractivity contribution in [2.45, 2.75) is 53.0 Å². The SMILES string of the molecule is Cc1cccc(CN2CCCC3(CCCN(C(=O)c4c(C)nn(C)c4C)C3)C2)n1. The molecule has 2 aromatic rings. The summed E-state index contributed by atoms with van der Waals surface area (Å²) in [5.74, 6) is 0.157. The van der Waals surface area contributed by atoms with Crippen LogP contribution in [0.3, 0.4) is 0 Å².